The molecule has 0 bridgehead atoms. The molecular formula is C90H87BBrCl5F3N5O8S6. The summed E-state index contributed by atoms with van der Waals surface area (Å²) in [5.74, 6) is 0.251. The maximum atomic E-state index is 11.6. The Kier molecular flexibility index (Phi) is 32.9. The summed E-state index contributed by atoms with van der Waals surface area (Å²) in [5.41, 5.74) is 19.0. The standard InChI is InChI=1S/C20H20ClNOS.C19H18ClNO2S.C18H19ClNS.C16H14ClNS.C9H8BrNS.C7H8BClO2.CHF3O3S/c1-5-22-18(11-14(4)23)24-17-9-7-13(3)19(20(17)22)15-8-6-12(2)10-16(15)21;1-4-21-17(10-12(3)22)24-16-8-7-15(23)18(19(16)21)13-6-5-11(2)9-14(13)20;1-5-20-13(4)21-16-9-7-12(3)17(18(16)20)14-8-6-11(2)10-15(14)19;1-9-4-6-12(13(17)8-9)15-10(2)5-7-14-16(15)18-11(3)19-14;1-5-3-4-7-9(8(5)10)11-6(2)12-7;1-5-2-3-6(8(10)11)7(9)4-5;2-1(3,4)8(5,6)7/h6-11H,5H2,1-4H3;5-10,23H,4H2,1-3H3;6-10H,5H2,1-4H3;4-8H,1-3H3;3-4H,1-2H3;2-4,10-11H,1H3;(H,5,6,7)/q;;+1;;;;/p-1/b18-11-;17-10-;;;;;. The molecule has 13 aromatic rings. The van der Waals surface area contributed by atoms with E-state index in [1.54, 1.807) is 84.7 Å². The van der Waals surface area contributed by atoms with Crippen LogP contribution in [-0.4, -0.2) is 75.4 Å². The molecule has 13 nitrogen and oxygen atoms in total. The Hall–Kier alpha value is -7.60. The third-order valence-corrected chi connectivity index (χ3v) is 27.1. The van der Waals surface area contributed by atoms with E-state index in [0.29, 0.717) is 27.6 Å². The molecule has 3 N–H and O–H groups in total. The van der Waals surface area contributed by atoms with Gasteiger partial charge in [-0.05, 0) is 244 Å². The molecule has 2 aliphatic rings. The van der Waals surface area contributed by atoms with Crippen molar-refractivity contribution in [2.75, 3.05) is 22.9 Å². The number of rotatable bonds is 10. The summed E-state index contributed by atoms with van der Waals surface area (Å²) < 4.78 is 66.2. The highest BCUT2D eigenvalue weighted by Crippen LogP contribution is 2.56. The first-order valence-electron chi connectivity index (χ1n) is 37.3. The molecule has 15 rings (SSSR count). The van der Waals surface area contributed by atoms with Crippen LogP contribution < -0.4 is 19.8 Å². The van der Waals surface area contributed by atoms with Crippen LogP contribution in [0.25, 0.3) is 75.2 Å². The SMILES string of the molecule is CCN1/C(=C/C(C)=O)Sc2ccc(C)c(-c3ccc(C)cc3Cl)c21.CCN1/C(=C/C(C)=O)Sc2ccc(O)c(-c3ccc(C)cc3Cl)c21.CC[n+]1c(C)sc2ccc(C)c(-c3ccc(C)cc3Cl)c21.Cc1ccc(-c2c(C)ccc3sc(C)nc23)c(Cl)c1.Cc1ccc(B(O)O)c(Cl)c1.Cc1nc2c(Br)c(C)ccc2s1.O=S(=O)([O-])C(F)(F)F. The van der Waals surface area contributed by atoms with Crippen LogP contribution in [0, 0.1) is 83.1 Å². The first-order chi connectivity index (χ1) is 56.0. The molecule has 0 saturated heterocycles. The topological polar surface area (TPSA) is 188 Å². The van der Waals surface area contributed by atoms with Crippen LogP contribution >= 0.6 is 131 Å². The first kappa shape index (κ1) is 95.2. The van der Waals surface area contributed by atoms with Gasteiger partial charge >= 0.3 is 12.6 Å². The largest absolute Gasteiger partial charge is 0.741 e. The minimum atomic E-state index is -6.09. The van der Waals surface area contributed by atoms with Gasteiger partial charge in [0.15, 0.2) is 21.7 Å². The van der Waals surface area contributed by atoms with Gasteiger partial charge in [0.1, 0.15) is 17.0 Å². The molecule has 0 radical (unpaired) electrons. The summed E-state index contributed by atoms with van der Waals surface area (Å²) in [5, 5.41) is 36.8. The zero-order chi connectivity index (χ0) is 87.7. The fraction of sp³-hybridized carbons (Fsp3) is 0.233. The van der Waals surface area contributed by atoms with Crippen LogP contribution in [0.3, 0.4) is 0 Å². The van der Waals surface area contributed by atoms with Crippen molar-refractivity contribution in [3.8, 4) is 50.3 Å². The second-order valence-electron chi connectivity index (χ2n) is 28.1. The van der Waals surface area contributed by atoms with Crippen molar-refractivity contribution >= 4 is 208 Å². The molecule has 0 fully saturated rings. The van der Waals surface area contributed by atoms with E-state index < -0.39 is 22.7 Å². The van der Waals surface area contributed by atoms with Crippen molar-refractivity contribution in [1.29, 1.82) is 0 Å². The maximum Gasteiger partial charge on any atom is 0.489 e. The van der Waals surface area contributed by atoms with Gasteiger partial charge in [-0.1, -0.05) is 178 Å². The Morgan fingerprint density at radius 3 is 1.29 bits per heavy atom. The number of thiazole rings is 3. The quantitative estimate of drug-likeness (QED) is 0.0386. The van der Waals surface area contributed by atoms with Crippen LogP contribution in [0.5, 0.6) is 5.75 Å². The van der Waals surface area contributed by atoms with E-state index in [4.69, 9.17) is 81.0 Å². The number of thioether (sulfide) groups is 2. The number of allylic oxidation sites excluding steroid dienone is 2. The van der Waals surface area contributed by atoms with Crippen molar-refractivity contribution in [2.45, 2.75) is 140 Å². The van der Waals surface area contributed by atoms with Crippen molar-refractivity contribution in [3.63, 3.8) is 0 Å². The van der Waals surface area contributed by atoms with Gasteiger partial charge in [0.25, 0.3) is 0 Å². The van der Waals surface area contributed by atoms with E-state index in [-0.39, 0.29) is 17.3 Å². The molecule has 119 heavy (non-hydrogen) atoms. The number of aryl methyl sites for hydroxylation is 13. The highest BCUT2D eigenvalue weighted by atomic mass is 79.9. The number of anilines is 2. The Labute approximate surface area is 747 Å². The molecule has 0 aliphatic carbocycles. The number of carbonyl (C=O) groups excluding carboxylic acids is 2. The summed E-state index contributed by atoms with van der Waals surface area (Å²) in [4.78, 5) is 38.7. The Balaban J connectivity index is 0.000000162. The number of nitrogens with zero attached hydrogens (tertiary/aromatic N) is 5. The second kappa shape index (κ2) is 41.1. The third kappa shape index (κ3) is 23.0. The fourth-order valence-electron chi connectivity index (χ4n) is 13.3. The van der Waals surface area contributed by atoms with E-state index in [9.17, 15) is 27.9 Å². The fourth-order valence-corrected chi connectivity index (χ4v) is 20.7. The molecule has 622 valence electrons. The second-order valence-corrected chi connectivity index (χ2v) is 38.1. The van der Waals surface area contributed by atoms with Gasteiger partial charge in [-0.3, -0.25) is 9.59 Å². The number of alkyl halides is 3. The van der Waals surface area contributed by atoms with Crippen LogP contribution in [0.15, 0.2) is 188 Å². The van der Waals surface area contributed by atoms with Gasteiger partial charge in [0.2, 0.25) is 10.5 Å². The molecule has 0 saturated carbocycles. The number of aromatic nitrogens is 3. The number of ketones is 2. The summed E-state index contributed by atoms with van der Waals surface area (Å²) in [6, 6.07) is 50.3. The van der Waals surface area contributed by atoms with Gasteiger partial charge in [0.05, 0.1) is 57.4 Å². The van der Waals surface area contributed by atoms with Crippen LogP contribution in [0.4, 0.5) is 24.5 Å². The lowest BCUT2D eigenvalue weighted by Crippen LogP contribution is -2.33. The molecule has 0 spiro atoms. The highest BCUT2D eigenvalue weighted by Gasteiger charge is 2.37. The number of phenolic OH excluding ortho intramolecular Hbond substituents is 1. The predicted octanol–water partition coefficient (Wildman–Crippen LogP) is 26.4. The normalized spacial score (nSPS) is 12.8. The number of hydrogen-bond donors (Lipinski definition) is 3. The smallest absolute Gasteiger partial charge is 0.489 e. The van der Waals surface area contributed by atoms with Crippen molar-refractivity contribution in [3.05, 3.63) is 269 Å². The molecule has 2 aliphatic heterocycles. The van der Waals surface area contributed by atoms with Crippen LogP contribution in [0.1, 0.15) is 99.7 Å². The third-order valence-electron chi connectivity index (χ3n) is 18.8. The summed E-state index contributed by atoms with van der Waals surface area (Å²) in [7, 11) is -7.57. The van der Waals surface area contributed by atoms with E-state index in [1.807, 2.05) is 100 Å². The van der Waals surface area contributed by atoms with Gasteiger partial charge in [-0.25, -0.2) is 18.4 Å². The predicted molar refractivity (Wildman–Crippen MR) is 500 cm³/mol. The molecule has 10 aromatic carbocycles. The average molecular weight is 1880 g/mol. The number of phenols is 1. The Morgan fingerprint density at radius 2 is 0.866 bits per heavy atom. The number of fused-ring (bicyclic) bond motifs is 5. The molecule has 29 heteroatoms. The van der Waals surface area contributed by atoms with Crippen LogP contribution in [0.2, 0.25) is 25.1 Å². The Morgan fingerprint density at radius 1 is 0.504 bits per heavy atom. The summed E-state index contributed by atoms with van der Waals surface area (Å²) >= 11 is 43.7. The molecule has 3 aromatic heterocycles. The van der Waals surface area contributed by atoms with Crippen molar-refractivity contribution in [1.82, 2.24) is 9.97 Å². The van der Waals surface area contributed by atoms with E-state index in [1.165, 1.54) is 80.2 Å². The average Bonchev–Trinajstić information content (AvgIpc) is 1.63. The molecule has 0 atom stereocenters. The minimum absolute atomic E-state index is 0.00268. The van der Waals surface area contributed by atoms with E-state index in [2.05, 4.69) is 183 Å². The monoisotopic (exact) mass is 1880 g/mol. The maximum absolute atomic E-state index is 11.6. The number of carbonyl (C=O) groups is 2. The van der Waals surface area contributed by atoms with Crippen molar-refractivity contribution < 1.29 is 55.5 Å². The van der Waals surface area contributed by atoms with Gasteiger partial charge in [-0.2, -0.15) is 17.7 Å². The summed E-state index contributed by atoms with van der Waals surface area (Å²) in [6.07, 6.45) is 3.34. The molecule has 0 amide bonds. The van der Waals surface area contributed by atoms with Crippen molar-refractivity contribution in [2.24, 2.45) is 0 Å². The number of halogens is 9. The molecule has 5 heterocycles. The first-order valence-corrected chi connectivity index (χ1v) is 45.5. The number of aromatic hydroxyl groups is 1. The summed E-state index contributed by atoms with van der Waals surface area (Å²) in [6.45, 7) is 36.7. The lowest BCUT2D eigenvalue weighted by Gasteiger charge is -2.23. The lowest BCUT2D eigenvalue weighted by molar-refractivity contribution is -0.669. The zero-order valence-corrected chi connectivity index (χ0v) is 78.5. The molecule has 0 unspecified atom stereocenters. The number of benzene rings is 10. The van der Waals surface area contributed by atoms with E-state index in [0.717, 1.165) is 130 Å². The van der Waals surface area contributed by atoms with Gasteiger partial charge in [-0.15, -0.1) is 22.7 Å². The molecular weight excluding hydrogens is 1800 g/mol. The van der Waals surface area contributed by atoms with E-state index >= 15 is 0 Å². The highest BCUT2D eigenvalue weighted by molar-refractivity contribution is 9.10. The lowest BCUT2D eigenvalue weighted by atomic mass is 9.80. The zero-order valence-electron chi connectivity index (χ0n) is 68.3. The number of hydrogen-bond acceptors (Lipinski definition) is 17. The van der Waals surface area contributed by atoms with Crippen LogP contribution in [-0.2, 0) is 26.3 Å². The van der Waals surface area contributed by atoms with Gasteiger partial charge < -0.3 is 29.5 Å². The minimum Gasteiger partial charge on any atom is -0.741 e. The van der Waals surface area contributed by atoms with Gasteiger partial charge in [0, 0.05) is 116 Å². The Bertz CT molecular complexity index is 6070.